The number of aromatic nitrogens is 1. The Kier molecular flexibility index (Phi) is 14.6. The number of Topliss-reactive ketones (excluding diaryl/α,β-unsaturated/α-hetero) is 1. The number of methoxy groups -OCH3 is 1. The maximum atomic E-state index is 14.1. The molecule has 1 aliphatic rings. The van der Waals surface area contributed by atoms with Gasteiger partial charge in [0.05, 0.1) is 7.11 Å². The molecule has 2 aromatic rings. The number of amides is 3. The summed E-state index contributed by atoms with van der Waals surface area (Å²) in [6, 6.07) is 5.03. The van der Waals surface area contributed by atoms with Gasteiger partial charge in [-0.05, 0) is 37.0 Å². The maximum Gasteiger partial charge on any atom is 0.476 e. The van der Waals surface area contributed by atoms with Crippen LogP contribution < -0.4 is 15.5 Å². The largest absolute Gasteiger partial charge is 0.496 e. The summed E-state index contributed by atoms with van der Waals surface area (Å²) in [6.07, 6.45) is -0.483. The summed E-state index contributed by atoms with van der Waals surface area (Å²) >= 11 is 0. The van der Waals surface area contributed by atoms with E-state index >= 15 is 0 Å². The lowest BCUT2D eigenvalue weighted by Gasteiger charge is -2.35. The van der Waals surface area contributed by atoms with Crippen molar-refractivity contribution in [2.45, 2.75) is 51.8 Å². The second kappa shape index (κ2) is 17.8. The van der Waals surface area contributed by atoms with Gasteiger partial charge in [0.15, 0.2) is 5.78 Å². The van der Waals surface area contributed by atoms with Crippen LogP contribution in [0.5, 0.6) is 5.75 Å². The van der Waals surface area contributed by atoms with Crippen molar-refractivity contribution in [3.05, 3.63) is 30.0 Å². The van der Waals surface area contributed by atoms with Gasteiger partial charge < -0.3 is 19.9 Å². The van der Waals surface area contributed by atoms with Crippen LogP contribution in [0.25, 0.3) is 10.9 Å². The number of ketones is 1. The Hall–Kier alpha value is -3.51. The minimum absolute atomic E-state index is 0.0441. The van der Waals surface area contributed by atoms with E-state index in [1.165, 1.54) is 20.1 Å². The number of hydrogen-bond donors (Lipinski definition) is 3. The molecule has 1 saturated heterocycles. The van der Waals surface area contributed by atoms with Crippen LogP contribution in [0.15, 0.2) is 24.3 Å². The molecule has 19 nitrogen and oxygen atoms in total. The highest BCUT2D eigenvalue weighted by molar-refractivity contribution is 7.48. The Balaban J connectivity index is 1.99. The van der Waals surface area contributed by atoms with Crippen LogP contribution >= 0.6 is 15.6 Å². The number of hydrogen-bond acceptors (Lipinski definition) is 16. The number of carbonyl (C=O) groups is 5. The lowest BCUT2D eigenvalue weighted by molar-refractivity contribution is -0.179. The second-order valence-corrected chi connectivity index (χ2v) is 15.4. The van der Waals surface area contributed by atoms with Crippen LogP contribution in [0.4, 0.5) is 0 Å². The Morgan fingerprint density at radius 1 is 1.02 bits per heavy atom. The highest BCUT2D eigenvalue weighted by atomic mass is 31.2. The van der Waals surface area contributed by atoms with Crippen LogP contribution in [-0.4, -0.2) is 99.8 Å². The first-order chi connectivity index (χ1) is 24.0. The first-order valence-electron chi connectivity index (χ1n) is 15.6. The average molecular weight is 763 g/mol. The monoisotopic (exact) mass is 762 g/mol. The SMILES string of the molecule is COc1cccc2[nH]c(C(=O)N[C@@](CC(C)C)(OP(=O)(OC)OC)C(=O)ON[C@@H](C[C@@H]3CCN(C(C)=O)C3=O)C(=O)COP(=O)(OC)OC)cc12. The number of aromatic amines is 1. The number of nitrogens with one attached hydrogen (secondary N) is 3. The molecule has 1 fully saturated rings. The molecule has 3 atom stereocenters. The molecule has 0 saturated carbocycles. The number of likely N-dealkylation sites (tertiary alicyclic amines) is 1. The summed E-state index contributed by atoms with van der Waals surface area (Å²) in [5, 5.41) is 3.00. The molecule has 0 radical (unpaired) electrons. The molecule has 0 spiro atoms. The lowest BCUT2D eigenvalue weighted by Crippen LogP contribution is -2.59. The first kappa shape index (κ1) is 41.9. The molecule has 21 heteroatoms. The molecule has 0 unspecified atom stereocenters. The number of ether oxygens (including phenoxy) is 1. The van der Waals surface area contributed by atoms with E-state index in [2.05, 4.69) is 15.8 Å². The molecule has 2 heterocycles. The number of fused-ring (bicyclic) bond motifs is 1. The van der Waals surface area contributed by atoms with Gasteiger partial charge in [-0.3, -0.25) is 46.7 Å². The number of phosphoric ester groups is 2. The zero-order chi connectivity index (χ0) is 38.1. The third kappa shape index (κ3) is 10.3. The third-order valence-corrected chi connectivity index (χ3v) is 10.6. The molecular formula is C30H44N4O15P2. The van der Waals surface area contributed by atoms with E-state index in [-0.39, 0.29) is 31.5 Å². The molecule has 1 aromatic carbocycles. The fraction of sp³-hybridized carbons (Fsp3) is 0.567. The fourth-order valence-electron chi connectivity index (χ4n) is 5.31. The number of carbonyl (C=O) groups excluding carboxylic acids is 5. The summed E-state index contributed by atoms with van der Waals surface area (Å²) in [6.45, 7) is 3.77. The van der Waals surface area contributed by atoms with Crippen molar-refractivity contribution in [3.8, 4) is 5.75 Å². The van der Waals surface area contributed by atoms with Crippen molar-refractivity contribution in [2.24, 2.45) is 11.8 Å². The second-order valence-electron chi connectivity index (χ2n) is 11.7. The minimum Gasteiger partial charge on any atom is -0.496 e. The number of benzene rings is 1. The Morgan fingerprint density at radius 2 is 1.67 bits per heavy atom. The van der Waals surface area contributed by atoms with Gasteiger partial charge in [0.25, 0.3) is 11.6 Å². The third-order valence-electron chi connectivity index (χ3n) is 7.86. The van der Waals surface area contributed by atoms with Gasteiger partial charge in [0.1, 0.15) is 24.1 Å². The van der Waals surface area contributed by atoms with Crippen molar-refractivity contribution >= 4 is 56.0 Å². The van der Waals surface area contributed by atoms with E-state index in [0.717, 1.165) is 33.3 Å². The number of nitrogens with zero attached hydrogens (tertiary/aromatic N) is 1. The molecule has 0 bridgehead atoms. The van der Waals surface area contributed by atoms with Gasteiger partial charge in [0, 0.05) is 65.1 Å². The average Bonchev–Trinajstić information content (AvgIpc) is 3.71. The molecule has 51 heavy (non-hydrogen) atoms. The van der Waals surface area contributed by atoms with Crippen molar-refractivity contribution in [2.75, 3.05) is 48.7 Å². The molecule has 3 N–H and O–H groups in total. The van der Waals surface area contributed by atoms with Gasteiger partial charge in [-0.1, -0.05) is 19.9 Å². The van der Waals surface area contributed by atoms with Crippen molar-refractivity contribution < 1.29 is 69.8 Å². The maximum absolute atomic E-state index is 14.1. The zero-order valence-corrected chi connectivity index (χ0v) is 31.3. The summed E-state index contributed by atoms with van der Waals surface area (Å²) in [7, 11) is -3.17. The number of hydroxylamine groups is 1. The standard InChI is InChI=1S/C30H44N4O15P2/c1-18(2)16-30(49-51(41,45-7)46-8,32-27(37)24-15-21-22(31-24)10-9-11-26(21)42-4)29(39)48-33-23(25(36)17-47-50(40,43-5)44-6)14-20-12-13-34(19(3)35)28(20)38/h9-11,15,18,20,23,31,33H,12-14,16-17H2,1-8H3,(H,32,37)/t20-,23-,30-/m0/s1. The van der Waals surface area contributed by atoms with Crippen LogP contribution in [0.2, 0.25) is 0 Å². The van der Waals surface area contributed by atoms with Crippen LogP contribution in [0.3, 0.4) is 0 Å². The van der Waals surface area contributed by atoms with E-state index in [9.17, 15) is 33.1 Å². The lowest BCUT2D eigenvalue weighted by atomic mass is 9.96. The van der Waals surface area contributed by atoms with E-state index in [1.807, 2.05) is 0 Å². The Labute approximate surface area is 294 Å². The predicted molar refractivity (Wildman–Crippen MR) is 178 cm³/mol. The van der Waals surface area contributed by atoms with Crippen LogP contribution in [0.1, 0.15) is 50.5 Å². The first-order valence-corrected chi connectivity index (χ1v) is 18.5. The molecule has 3 rings (SSSR count). The minimum atomic E-state index is -4.55. The van der Waals surface area contributed by atoms with Gasteiger partial charge in [0.2, 0.25) is 11.8 Å². The van der Waals surface area contributed by atoms with Gasteiger partial charge in [-0.2, -0.15) is 0 Å². The van der Waals surface area contributed by atoms with E-state index in [0.29, 0.717) is 16.7 Å². The van der Waals surface area contributed by atoms with Crippen LogP contribution in [-0.2, 0) is 60.3 Å². The Morgan fingerprint density at radius 3 is 2.22 bits per heavy atom. The zero-order valence-electron chi connectivity index (χ0n) is 29.5. The summed E-state index contributed by atoms with van der Waals surface area (Å²) < 4.78 is 61.2. The van der Waals surface area contributed by atoms with E-state index in [1.54, 1.807) is 32.0 Å². The van der Waals surface area contributed by atoms with Gasteiger partial charge >= 0.3 is 21.6 Å². The topological polar surface area (TPSA) is 236 Å². The van der Waals surface area contributed by atoms with Gasteiger partial charge in [-0.15, -0.1) is 5.48 Å². The van der Waals surface area contributed by atoms with Crippen molar-refractivity contribution in [1.82, 2.24) is 20.7 Å². The van der Waals surface area contributed by atoms with Crippen LogP contribution in [0, 0.1) is 11.8 Å². The van der Waals surface area contributed by atoms with Gasteiger partial charge in [-0.25, -0.2) is 18.4 Å². The molecule has 3 amide bonds. The predicted octanol–water partition coefficient (Wildman–Crippen LogP) is 3.25. The molecule has 1 aliphatic heterocycles. The molecule has 0 aliphatic carbocycles. The summed E-state index contributed by atoms with van der Waals surface area (Å²) in [5.41, 5.74) is 0.200. The number of phosphoric acid groups is 2. The molecular weight excluding hydrogens is 718 g/mol. The highest BCUT2D eigenvalue weighted by Crippen LogP contribution is 2.52. The number of imide groups is 1. The van der Waals surface area contributed by atoms with Crippen molar-refractivity contribution in [3.63, 3.8) is 0 Å². The Bertz CT molecular complexity index is 1680. The normalized spacial score (nSPS) is 17.0. The molecule has 1 aromatic heterocycles. The summed E-state index contributed by atoms with van der Waals surface area (Å²) in [5.74, 6) is -5.07. The highest BCUT2D eigenvalue weighted by Gasteiger charge is 2.51. The van der Waals surface area contributed by atoms with E-state index < -0.39 is 75.3 Å². The smallest absolute Gasteiger partial charge is 0.476 e. The number of rotatable bonds is 20. The molecule has 284 valence electrons. The summed E-state index contributed by atoms with van der Waals surface area (Å²) in [4.78, 5) is 75.4. The van der Waals surface area contributed by atoms with Crippen molar-refractivity contribution in [1.29, 1.82) is 0 Å². The van der Waals surface area contributed by atoms with E-state index in [4.69, 9.17) is 36.7 Å². The quantitative estimate of drug-likeness (QED) is 0.0997. The fourth-order valence-corrected chi connectivity index (χ4v) is 6.83. The number of H-pyrrole nitrogens is 1.